The Morgan fingerprint density at radius 3 is 2.61 bits per heavy atom. The van der Waals surface area contributed by atoms with Gasteiger partial charge in [0.2, 0.25) is 5.95 Å². The smallest absolute Gasteiger partial charge is 0.433 e. The van der Waals surface area contributed by atoms with Gasteiger partial charge >= 0.3 is 11.6 Å². The van der Waals surface area contributed by atoms with Crippen LogP contribution in [0.5, 0.6) is 5.75 Å². The highest BCUT2D eigenvalue weighted by atomic mass is 16.6. The van der Waals surface area contributed by atoms with Crippen LogP contribution in [0.25, 0.3) is 11.2 Å². The van der Waals surface area contributed by atoms with E-state index in [0.29, 0.717) is 5.75 Å². The van der Waals surface area contributed by atoms with Gasteiger partial charge in [-0.3, -0.25) is 24.0 Å². The minimum Gasteiger partial charge on any atom is -0.491 e. The van der Waals surface area contributed by atoms with E-state index < -0.39 is 28.2 Å². The monoisotopic (exact) mass is 497 g/mol. The van der Waals surface area contributed by atoms with Gasteiger partial charge in [0.25, 0.3) is 5.56 Å². The molecule has 0 saturated carbocycles. The molecular weight excluding hydrogens is 474 g/mol. The van der Waals surface area contributed by atoms with Crippen LogP contribution in [0.2, 0.25) is 0 Å². The standard InChI is InChI=1S/C22H23N7O7/c1-13-4-6-15(7-5-13)35-12-14(30)11-28-18-19(26(2)22(32)27(3)20(18)31)24-21(28)25-23-10-16-8-9-17(36-16)29(33)34/h4-10,14,30H,11-12H2,1-3H3,(H,24,25)/b23-10-. The molecule has 1 atom stereocenters. The highest BCUT2D eigenvalue weighted by Crippen LogP contribution is 2.18. The van der Waals surface area contributed by atoms with E-state index in [1.807, 2.05) is 19.1 Å². The number of aryl methyl sites for hydroxylation is 2. The number of furan rings is 1. The first-order valence-corrected chi connectivity index (χ1v) is 10.7. The van der Waals surface area contributed by atoms with Gasteiger partial charge in [0.1, 0.15) is 23.4 Å². The maximum Gasteiger partial charge on any atom is 0.433 e. The van der Waals surface area contributed by atoms with E-state index in [1.54, 1.807) is 12.1 Å². The van der Waals surface area contributed by atoms with Gasteiger partial charge in [-0.1, -0.05) is 17.7 Å². The zero-order chi connectivity index (χ0) is 26.0. The van der Waals surface area contributed by atoms with Crippen LogP contribution in [-0.4, -0.2) is 47.6 Å². The number of nitro groups is 1. The average molecular weight is 497 g/mol. The Morgan fingerprint density at radius 2 is 1.94 bits per heavy atom. The fourth-order valence-corrected chi connectivity index (χ4v) is 3.46. The molecule has 188 valence electrons. The highest BCUT2D eigenvalue weighted by molar-refractivity contribution is 5.78. The molecule has 0 amide bonds. The lowest BCUT2D eigenvalue weighted by atomic mass is 10.2. The molecule has 0 aliphatic heterocycles. The van der Waals surface area contributed by atoms with Crippen molar-refractivity contribution in [1.82, 2.24) is 18.7 Å². The molecule has 3 heterocycles. The third kappa shape index (κ3) is 4.88. The number of nitrogens with zero attached hydrogens (tertiary/aromatic N) is 6. The largest absolute Gasteiger partial charge is 0.491 e. The summed E-state index contributed by atoms with van der Waals surface area (Å²) in [4.78, 5) is 39.7. The second-order valence-corrected chi connectivity index (χ2v) is 8.00. The summed E-state index contributed by atoms with van der Waals surface area (Å²) in [6.07, 6.45) is 0.132. The Morgan fingerprint density at radius 1 is 1.22 bits per heavy atom. The molecular formula is C22H23N7O7. The number of aliphatic hydroxyl groups is 1. The van der Waals surface area contributed by atoms with Gasteiger partial charge in [-0.15, -0.1) is 0 Å². The van der Waals surface area contributed by atoms with Crippen LogP contribution in [0.15, 0.2) is 55.5 Å². The number of hydrazone groups is 1. The fraction of sp³-hybridized carbons (Fsp3) is 0.273. The number of nitrogens with one attached hydrogen (secondary N) is 1. The Hall–Kier alpha value is -4.72. The Balaban J connectivity index is 1.64. The van der Waals surface area contributed by atoms with Crippen LogP contribution in [0.1, 0.15) is 11.3 Å². The summed E-state index contributed by atoms with van der Waals surface area (Å²) in [5.74, 6) is 0.282. The second-order valence-electron chi connectivity index (χ2n) is 8.00. The number of hydrogen-bond donors (Lipinski definition) is 2. The van der Waals surface area contributed by atoms with Crippen molar-refractivity contribution in [2.24, 2.45) is 19.2 Å². The van der Waals surface area contributed by atoms with Gasteiger partial charge < -0.3 is 18.8 Å². The number of anilines is 1. The summed E-state index contributed by atoms with van der Waals surface area (Å²) in [6.45, 7) is 1.76. The van der Waals surface area contributed by atoms with Crippen LogP contribution in [0, 0.1) is 17.0 Å². The van der Waals surface area contributed by atoms with E-state index in [0.717, 1.165) is 10.1 Å². The number of aliphatic hydroxyl groups excluding tert-OH is 1. The van der Waals surface area contributed by atoms with E-state index in [9.17, 15) is 24.8 Å². The molecule has 36 heavy (non-hydrogen) atoms. The van der Waals surface area contributed by atoms with Crippen molar-refractivity contribution in [1.29, 1.82) is 0 Å². The summed E-state index contributed by atoms with van der Waals surface area (Å²) in [5.41, 5.74) is 2.69. The summed E-state index contributed by atoms with van der Waals surface area (Å²) >= 11 is 0. The van der Waals surface area contributed by atoms with Gasteiger partial charge in [0, 0.05) is 14.1 Å². The van der Waals surface area contributed by atoms with Gasteiger partial charge in [-0.05, 0) is 25.1 Å². The molecule has 0 saturated heterocycles. The van der Waals surface area contributed by atoms with Gasteiger partial charge in [0.15, 0.2) is 16.9 Å². The van der Waals surface area contributed by atoms with Crippen molar-refractivity contribution in [2.75, 3.05) is 12.0 Å². The third-order valence-electron chi connectivity index (χ3n) is 5.35. The van der Waals surface area contributed by atoms with Crippen molar-refractivity contribution in [2.45, 2.75) is 19.6 Å². The molecule has 14 heteroatoms. The predicted octanol–water partition coefficient (Wildman–Crippen LogP) is 1.13. The molecule has 2 N–H and O–H groups in total. The average Bonchev–Trinajstić information content (AvgIpc) is 3.47. The quantitative estimate of drug-likeness (QED) is 0.195. The van der Waals surface area contributed by atoms with Crippen molar-refractivity contribution >= 4 is 29.2 Å². The van der Waals surface area contributed by atoms with Crippen LogP contribution >= 0.6 is 0 Å². The maximum atomic E-state index is 12.9. The lowest BCUT2D eigenvalue weighted by molar-refractivity contribution is -0.402. The molecule has 0 fully saturated rings. The minimum atomic E-state index is -1.05. The molecule has 0 bridgehead atoms. The molecule has 0 spiro atoms. The number of aromatic nitrogens is 4. The van der Waals surface area contributed by atoms with Crippen LogP contribution in [0.3, 0.4) is 0 Å². The number of fused-ring (bicyclic) bond motifs is 1. The fourth-order valence-electron chi connectivity index (χ4n) is 3.46. The molecule has 4 rings (SSSR count). The molecule has 1 unspecified atom stereocenters. The van der Waals surface area contributed by atoms with Gasteiger partial charge in [-0.2, -0.15) is 10.1 Å². The molecule has 4 aromatic rings. The molecule has 1 aromatic carbocycles. The first kappa shape index (κ1) is 24.4. The lowest BCUT2D eigenvalue weighted by Crippen LogP contribution is -2.38. The summed E-state index contributed by atoms with van der Waals surface area (Å²) < 4.78 is 14.2. The summed E-state index contributed by atoms with van der Waals surface area (Å²) in [7, 11) is 2.81. The molecule has 0 aliphatic rings. The number of ether oxygens (including phenoxy) is 1. The first-order valence-electron chi connectivity index (χ1n) is 10.7. The van der Waals surface area contributed by atoms with E-state index in [2.05, 4.69) is 15.5 Å². The number of imidazole rings is 1. The maximum absolute atomic E-state index is 12.9. The summed E-state index contributed by atoms with van der Waals surface area (Å²) in [6, 6.07) is 9.85. The predicted molar refractivity (Wildman–Crippen MR) is 129 cm³/mol. The SMILES string of the molecule is Cc1ccc(OCC(O)Cn2c(N/N=C\c3ccc([N+](=O)[O-])o3)nc3c2c(=O)n(C)c(=O)n3C)cc1. The second kappa shape index (κ2) is 9.87. The molecule has 0 radical (unpaired) electrons. The van der Waals surface area contributed by atoms with Crippen molar-refractivity contribution in [3.05, 3.63) is 78.7 Å². The topological polar surface area (TPSA) is 172 Å². The highest BCUT2D eigenvalue weighted by Gasteiger charge is 2.21. The number of rotatable bonds is 9. The molecule has 0 aliphatic carbocycles. The minimum absolute atomic E-state index is 0.0509. The van der Waals surface area contributed by atoms with E-state index >= 15 is 0 Å². The van der Waals surface area contributed by atoms with Crippen LogP contribution < -0.4 is 21.4 Å². The van der Waals surface area contributed by atoms with Crippen molar-refractivity contribution < 1.29 is 19.2 Å². The van der Waals surface area contributed by atoms with Crippen LogP contribution in [-0.2, 0) is 20.6 Å². The normalized spacial score (nSPS) is 12.3. The Kier molecular flexibility index (Phi) is 6.69. The summed E-state index contributed by atoms with van der Waals surface area (Å²) in [5, 5.41) is 25.4. The first-order chi connectivity index (χ1) is 17.2. The van der Waals surface area contributed by atoms with E-state index in [1.165, 1.54) is 41.6 Å². The van der Waals surface area contributed by atoms with Gasteiger partial charge in [-0.25, -0.2) is 10.2 Å². The van der Waals surface area contributed by atoms with E-state index in [-0.39, 0.29) is 36.0 Å². The van der Waals surface area contributed by atoms with Crippen molar-refractivity contribution in [3.8, 4) is 5.75 Å². The molecule has 14 nitrogen and oxygen atoms in total. The zero-order valence-corrected chi connectivity index (χ0v) is 19.6. The Bertz CT molecular complexity index is 1560. The lowest BCUT2D eigenvalue weighted by Gasteiger charge is -2.15. The third-order valence-corrected chi connectivity index (χ3v) is 5.35. The Labute approximate surface area is 202 Å². The molecule has 3 aromatic heterocycles. The van der Waals surface area contributed by atoms with Crippen molar-refractivity contribution in [3.63, 3.8) is 0 Å². The van der Waals surface area contributed by atoms with E-state index in [4.69, 9.17) is 9.15 Å². The van der Waals surface area contributed by atoms with Crippen LogP contribution in [0.4, 0.5) is 11.8 Å². The zero-order valence-electron chi connectivity index (χ0n) is 19.6. The van der Waals surface area contributed by atoms with Gasteiger partial charge in [0.05, 0.1) is 18.8 Å². The number of benzene rings is 1. The number of hydrogen-bond acceptors (Lipinski definition) is 10.